The number of halogens is 1. The zero-order valence-electron chi connectivity index (χ0n) is 13.9. The Bertz CT molecular complexity index is 945. The van der Waals surface area contributed by atoms with Crippen molar-refractivity contribution in [1.29, 1.82) is 0 Å². The molecule has 26 heavy (non-hydrogen) atoms. The predicted octanol–water partition coefficient (Wildman–Crippen LogP) is 3.72. The Balaban J connectivity index is 2.23. The largest absolute Gasteiger partial charge is 0.507 e. The molecule has 6 heteroatoms. The number of methoxy groups -OCH3 is 1. The maximum Gasteiger partial charge on any atom is 0.306 e. The smallest absolute Gasteiger partial charge is 0.306 e. The first-order valence-corrected chi connectivity index (χ1v) is 8.26. The number of ketones is 2. The lowest BCUT2D eigenvalue weighted by atomic mass is 9.78. The number of hydrogen-bond acceptors (Lipinski definition) is 5. The van der Waals surface area contributed by atoms with Crippen LogP contribution in [-0.4, -0.2) is 29.8 Å². The van der Waals surface area contributed by atoms with Crippen LogP contribution in [-0.2, 0) is 14.3 Å². The highest BCUT2D eigenvalue weighted by atomic mass is 35.5. The van der Waals surface area contributed by atoms with Crippen LogP contribution in [0.1, 0.15) is 33.8 Å². The summed E-state index contributed by atoms with van der Waals surface area (Å²) in [5.74, 6) is -3.39. The van der Waals surface area contributed by atoms with E-state index >= 15 is 0 Å². The Labute approximate surface area is 154 Å². The van der Waals surface area contributed by atoms with Gasteiger partial charge in [-0.25, -0.2) is 0 Å². The number of allylic oxidation sites excluding steroid dienone is 1. The first-order valence-electron chi connectivity index (χ1n) is 7.88. The number of carbonyl (C=O) groups excluding carboxylic acids is 3. The van der Waals surface area contributed by atoms with Crippen molar-refractivity contribution in [2.45, 2.75) is 12.3 Å². The van der Waals surface area contributed by atoms with Gasteiger partial charge in [0.05, 0.1) is 19.1 Å². The molecule has 2 aromatic rings. The van der Waals surface area contributed by atoms with Crippen molar-refractivity contribution in [1.82, 2.24) is 0 Å². The third kappa shape index (κ3) is 3.02. The van der Waals surface area contributed by atoms with Crippen molar-refractivity contribution in [2.75, 3.05) is 7.11 Å². The van der Waals surface area contributed by atoms with Crippen LogP contribution in [0.3, 0.4) is 0 Å². The average molecular weight is 371 g/mol. The highest BCUT2D eigenvalue weighted by Crippen LogP contribution is 2.40. The maximum absolute atomic E-state index is 12.7. The summed E-state index contributed by atoms with van der Waals surface area (Å²) in [5, 5.41) is 11.0. The standard InChI is InChI=1S/C20H15ClO5/c1-26-16(22)10-14(11-6-4-5-9-15(11)21)17-18(23)12-7-2-3-8-13(12)19(24)20(17)25/h2-9,14,23H,10H2,1H3/t14-/m1/s1. The Morgan fingerprint density at radius 1 is 1.04 bits per heavy atom. The van der Waals surface area contributed by atoms with E-state index in [1.165, 1.54) is 13.2 Å². The quantitative estimate of drug-likeness (QED) is 0.655. The molecule has 0 heterocycles. The van der Waals surface area contributed by atoms with E-state index < -0.39 is 23.5 Å². The molecule has 2 aromatic carbocycles. The van der Waals surface area contributed by atoms with Crippen molar-refractivity contribution in [3.63, 3.8) is 0 Å². The average Bonchev–Trinajstić information content (AvgIpc) is 2.66. The molecule has 0 bridgehead atoms. The summed E-state index contributed by atoms with van der Waals surface area (Å²) in [6.45, 7) is 0. The van der Waals surface area contributed by atoms with E-state index in [0.29, 0.717) is 10.6 Å². The molecule has 0 aliphatic heterocycles. The van der Waals surface area contributed by atoms with Crippen LogP contribution in [0.5, 0.6) is 0 Å². The summed E-state index contributed by atoms with van der Waals surface area (Å²) in [6.07, 6.45) is -0.235. The molecule has 0 saturated heterocycles. The molecular formula is C20H15ClO5. The van der Waals surface area contributed by atoms with Crippen LogP contribution in [0, 0.1) is 0 Å². The van der Waals surface area contributed by atoms with E-state index in [1.54, 1.807) is 42.5 Å². The zero-order valence-corrected chi connectivity index (χ0v) is 14.6. The Kier molecular flexibility index (Phi) is 4.91. The zero-order chi connectivity index (χ0) is 18.8. The molecule has 0 fully saturated rings. The van der Waals surface area contributed by atoms with E-state index in [9.17, 15) is 19.5 Å². The molecule has 3 rings (SSSR count). The molecule has 5 nitrogen and oxygen atoms in total. The van der Waals surface area contributed by atoms with E-state index in [1.807, 2.05) is 0 Å². The van der Waals surface area contributed by atoms with E-state index in [2.05, 4.69) is 0 Å². The minimum atomic E-state index is -0.902. The number of aliphatic hydroxyl groups is 1. The summed E-state index contributed by atoms with van der Waals surface area (Å²) in [4.78, 5) is 37.2. The first-order chi connectivity index (χ1) is 12.5. The number of carbonyl (C=O) groups is 3. The van der Waals surface area contributed by atoms with Gasteiger partial charge in [0.2, 0.25) is 11.6 Å². The Morgan fingerprint density at radius 2 is 1.65 bits per heavy atom. The Hall–Kier alpha value is -2.92. The summed E-state index contributed by atoms with van der Waals surface area (Å²) in [7, 11) is 1.23. The van der Waals surface area contributed by atoms with Crippen molar-refractivity contribution >= 4 is 34.9 Å². The summed E-state index contributed by atoms with van der Waals surface area (Å²) >= 11 is 6.24. The summed E-state index contributed by atoms with van der Waals surface area (Å²) in [6, 6.07) is 13.0. The second-order valence-corrected chi connectivity index (χ2v) is 6.23. The molecule has 132 valence electrons. The summed E-state index contributed by atoms with van der Waals surface area (Å²) in [5.41, 5.74) is 0.706. The second-order valence-electron chi connectivity index (χ2n) is 5.82. The fourth-order valence-corrected chi connectivity index (χ4v) is 3.35. The minimum absolute atomic E-state index is 0.134. The second kappa shape index (κ2) is 7.14. The number of aliphatic hydroxyl groups excluding tert-OH is 1. The molecule has 1 N–H and O–H groups in total. The number of Topliss-reactive ketones (excluding diaryl/α,β-unsaturated/α-hetero) is 2. The normalized spacial score (nSPS) is 14.8. The number of fused-ring (bicyclic) bond motifs is 1. The first kappa shape index (κ1) is 17.9. The molecular weight excluding hydrogens is 356 g/mol. The van der Waals surface area contributed by atoms with Gasteiger partial charge >= 0.3 is 5.97 Å². The van der Waals surface area contributed by atoms with Gasteiger partial charge in [-0.1, -0.05) is 54.1 Å². The van der Waals surface area contributed by atoms with Gasteiger partial charge in [-0.3, -0.25) is 14.4 Å². The molecule has 0 unspecified atom stereocenters. The molecule has 0 aromatic heterocycles. The monoisotopic (exact) mass is 370 g/mol. The lowest BCUT2D eigenvalue weighted by molar-refractivity contribution is -0.140. The van der Waals surface area contributed by atoms with Crippen LogP contribution in [0.15, 0.2) is 54.1 Å². The number of esters is 1. The molecule has 1 atom stereocenters. The minimum Gasteiger partial charge on any atom is -0.507 e. The van der Waals surface area contributed by atoms with Gasteiger partial charge < -0.3 is 9.84 Å². The molecule has 0 amide bonds. The van der Waals surface area contributed by atoms with E-state index in [4.69, 9.17) is 16.3 Å². The van der Waals surface area contributed by atoms with Crippen molar-refractivity contribution in [2.24, 2.45) is 0 Å². The molecule has 0 spiro atoms. The van der Waals surface area contributed by atoms with Gasteiger partial charge in [-0.15, -0.1) is 0 Å². The third-order valence-corrected chi connectivity index (χ3v) is 4.70. The molecule has 1 aliphatic carbocycles. The van der Waals surface area contributed by atoms with Gasteiger partial charge in [0.1, 0.15) is 5.76 Å². The van der Waals surface area contributed by atoms with Gasteiger partial charge in [0.15, 0.2) is 0 Å². The highest BCUT2D eigenvalue weighted by Gasteiger charge is 2.38. The van der Waals surface area contributed by atoms with Crippen molar-refractivity contribution in [3.05, 3.63) is 75.8 Å². The van der Waals surface area contributed by atoms with Gasteiger partial charge in [0, 0.05) is 22.1 Å². The number of benzene rings is 2. The van der Waals surface area contributed by atoms with Crippen LogP contribution >= 0.6 is 11.6 Å². The van der Waals surface area contributed by atoms with Crippen LogP contribution in [0.2, 0.25) is 5.02 Å². The van der Waals surface area contributed by atoms with Gasteiger partial charge in [0.25, 0.3) is 0 Å². The van der Waals surface area contributed by atoms with Crippen molar-refractivity contribution < 1.29 is 24.2 Å². The van der Waals surface area contributed by atoms with E-state index in [0.717, 1.165) is 0 Å². The lowest BCUT2D eigenvalue weighted by Crippen LogP contribution is -2.28. The van der Waals surface area contributed by atoms with Gasteiger partial charge in [-0.2, -0.15) is 0 Å². The molecule has 1 aliphatic rings. The van der Waals surface area contributed by atoms with Crippen LogP contribution in [0.4, 0.5) is 0 Å². The van der Waals surface area contributed by atoms with Crippen molar-refractivity contribution in [3.8, 4) is 0 Å². The highest BCUT2D eigenvalue weighted by molar-refractivity contribution is 6.52. The van der Waals surface area contributed by atoms with Crippen LogP contribution in [0.25, 0.3) is 5.76 Å². The SMILES string of the molecule is COC(=O)C[C@@H](C1=C(O)c2ccccc2C(=O)C1=O)c1ccccc1Cl. The van der Waals surface area contributed by atoms with Gasteiger partial charge in [-0.05, 0) is 11.6 Å². The predicted molar refractivity (Wildman–Crippen MR) is 96.2 cm³/mol. The maximum atomic E-state index is 12.7. The lowest BCUT2D eigenvalue weighted by Gasteiger charge is -2.25. The fraction of sp³-hybridized carbons (Fsp3) is 0.150. The fourth-order valence-electron chi connectivity index (χ4n) is 3.08. The number of hydrogen-bond donors (Lipinski definition) is 1. The number of rotatable bonds is 4. The molecule has 0 saturated carbocycles. The summed E-state index contributed by atoms with van der Waals surface area (Å²) < 4.78 is 4.72. The molecule has 0 radical (unpaired) electrons. The van der Waals surface area contributed by atoms with Crippen LogP contribution < -0.4 is 0 Å². The van der Waals surface area contributed by atoms with E-state index in [-0.39, 0.29) is 28.9 Å². The third-order valence-electron chi connectivity index (χ3n) is 4.36. The Morgan fingerprint density at radius 3 is 2.31 bits per heavy atom. The number of ether oxygens (including phenoxy) is 1. The topological polar surface area (TPSA) is 80.7 Å².